The van der Waals surface area contributed by atoms with Crippen molar-refractivity contribution in [1.82, 2.24) is 14.8 Å². The summed E-state index contributed by atoms with van der Waals surface area (Å²) in [6, 6.07) is 18.2. The molecule has 0 N–H and O–H groups in total. The maximum absolute atomic E-state index is 13.1. The highest BCUT2D eigenvalue weighted by molar-refractivity contribution is 8.00. The van der Waals surface area contributed by atoms with Crippen LogP contribution in [0.1, 0.15) is 26.3 Å². The lowest BCUT2D eigenvalue weighted by molar-refractivity contribution is -0.114. The fraction of sp³-hybridized carbons (Fsp3) is 0.261. The number of benzene rings is 2. The van der Waals surface area contributed by atoms with Gasteiger partial charge in [-0.3, -0.25) is 9.36 Å². The van der Waals surface area contributed by atoms with Gasteiger partial charge in [0.15, 0.2) is 10.9 Å². The fourth-order valence-electron chi connectivity index (χ4n) is 3.80. The predicted octanol–water partition coefficient (Wildman–Crippen LogP) is 4.63. The van der Waals surface area contributed by atoms with Crippen molar-refractivity contribution in [3.05, 3.63) is 78.3 Å². The molecule has 0 amide bonds. The summed E-state index contributed by atoms with van der Waals surface area (Å²) in [5.41, 5.74) is 4.17. The molecule has 0 aliphatic carbocycles. The largest absolute Gasteiger partial charge is 0.347 e. The number of carbonyl (C=O) groups excluding carboxylic acids is 1. The molecule has 6 heteroatoms. The lowest BCUT2D eigenvalue weighted by Crippen LogP contribution is -2.25. The third-order valence-electron chi connectivity index (χ3n) is 5.45. The molecule has 1 aromatic heterocycles. The highest BCUT2D eigenvalue weighted by Crippen LogP contribution is 2.46. The summed E-state index contributed by atoms with van der Waals surface area (Å²) in [5, 5.41) is 8.68. The highest BCUT2D eigenvalue weighted by Gasteiger charge is 2.38. The van der Waals surface area contributed by atoms with Crippen molar-refractivity contribution < 1.29 is 4.79 Å². The van der Waals surface area contributed by atoms with Gasteiger partial charge in [-0.2, -0.15) is 0 Å². The van der Waals surface area contributed by atoms with Gasteiger partial charge in [-0.15, -0.1) is 10.2 Å². The minimum atomic E-state index is -0.276. The maximum atomic E-state index is 13.1. The third-order valence-corrected chi connectivity index (χ3v) is 6.53. The second-order valence-electron chi connectivity index (χ2n) is 7.71. The average molecular weight is 405 g/mol. The standard InChI is InChI=1S/C23H24N4OS/c1-16(29-22-25-24-15-27(22)17-10-6-5-7-11-17)20(28)14-21-23(2,3)18-12-8-9-13-19(18)26(21)4/h5-16H,1-4H3/b21-14-/t16-/m0/s1. The first kappa shape index (κ1) is 19.5. The number of para-hydroxylation sites is 2. The van der Waals surface area contributed by atoms with E-state index in [1.54, 1.807) is 12.4 Å². The third kappa shape index (κ3) is 3.49. The van der Waals surface area contributed by atoms with Crippen LogP contribution in [0, 0.1) is 0 Å². The van der Waals surface area contributed by atoms with E-state index < -0.39 is 0 Å². The van der Waals surface area contributed by atoms with Crippen LogP contribution >= 0.6 is 11.8 Å². The number of allylic oxidation sites excluding steroid dienone is 2. The van der Waals surface area contributed by atoms with Gasteiger partial charge in [-0.05, 0) is 30.7 Å². The molecule has 2 aromatic carbocycles. The number of nitrogens with zero attached hydrogens (tertiary/aromatic N) is 4. The van der Waals surface area contributed by atoms with E-state index >= 15 is 0 Å². The molecule has 29 heavy (non-hydrogen) atoms. The molecule has 5 nitrogen and oxygen atoms in total. The van der Waals surface area contributed by atoms with E-state index in [1.807, 2.05) is 61.0 Å². The zero-order valence-corrected chi connectivity index (χ0v) is 17.9. The smallest absolute Gasteiger partial charge is 0.196 e. The molecule has 2 heterocycles. The number of ketones is 1. The first-order valence-corrected chi connectivity index (χ1v) is 10.5. The van der Waals surface area contributed by atoms with Crippen molar-refractivity contribution in [2.24, 2.45) is 0 Å². The molecule has 148 valence electrons. The SMILES string of the molecule is C[C@H](Sc1nncn1-c1ccccc1)C(=O)/C=C1\N(C)c2ccccc2C1(C)C. The Kier molecular flexibility index (Phi) is 5.04. The molecule has 1 aliphatic rings. The van der Waals surface area contributed by atoms with Gasteiger partial charge in [0.05, 0.1) is 5.25 Å². The number of anilines is 1. The first-order valence-electron chi connectivity index (χ1n) is 9.61. The molecule has 0 unspecified atom stereocenters. The zero-order valence-electron chi connectivity index (χ0n) is 17.0. The molecule has 1 atom stereocenters. The summed E-state index contributed by atoms with van der Waals surface area (Å²) < 4.78 is 1.91. The molecule has 0 spiro atoms. The van der Waals surface area contributed by atoms with E-state index in [-0.39, 0.29) is 16.4 Å². The lowest BCUT2D eigenvalue weighted by atomic mass is 9.83. The summed E-state index contributed by atoms with van der Waals surface area (Å²) in [7, 11) is 2.02. The molecule has 0 fully saturated rings. The second kappa shape index (κ2) is 7.52. The number of fused-ring (bicyclic) bond motifs is 1. The Balaban J connectivity index is 1.57. The molecule has 0 bridgehead atoms. The van der Waals surface area contributed by atoms with Gasteiger partial charge in [-0.25, -0.2) is 0 Å². The van der Waals surface area contributed by atoms with E-state index in [0.717, 1.165) is 17.1 Å². The predicted molar refractivity (Wildman–Crippen MR) is 118 cm³/mol. The summed E-state index contributed by atoms with van der Waals surface area (Å²) in [4.78, 5) is 15.2. The number of likely N-dealkylation sites (N-methyl/N-ethyl adjacent to an activating group) is 1. The lowest BCUT2D eigenvalue weighted by Gasteiger charge is -2.24. The molecular weight excluding hydrogens is 380 g/mol. The van der Waals surface area contributed by atoms with Gasteiger partial charge in [0, 0.05) is 35.6 Å². The monoisotopic (exact) mass is 404 g/mol. The summed E-state index contributed by atoms with van der Waals surface area (Å²) in [6.45, 7) is 6.25. The molecule has 1 aliphatic heterocycles. The number of thioether (sulfide) groups is 1. The summed E-state index contributed by atoms with van der Waals surface area (Å²) >= 11 is 1.43. The maximum Gasteiger partial charge on any atom is 0.196 e. The minimum absolute atomic E-state index is 0.0698. The van der Waals surface area contributed by atoms with Crippen LogP contribution in [-0.4, -0.2) is 32.8 Å². The van der Waals surface area contributed by atoms with Crippen LogP contribution in [0.5, 0.6) is 0 Å². The van der Waals surface area contributed by atoms with Gasteiger partial charge in [0.1, 0.15) is 6.33 Å². The number of carbonyl (C=O) groups is 1. The van der Waals surface area contributed by atoms with Crippen LogP contribution in [0.4, 0.5) is 5.69 Å². The van der Waals surface area contributed by atoms with Crippen molar-refractivity contribution in [2.45, 2.75) is 36.6 Å². The highest BCUT2D eigenvalue weighted by atomic mass is 32.2. The van der Waals surface area contributed by atoms with Crippen LogP contribution < -0.4 is 4.90 Å². The Morgan fingerprint density at radius 3 is 2.52 bits per heavy atom. The number of aromatic nitrogens is 3. The molecule has 0 saturated carbocycles. The fourth-order valence-corrected chi connectivity index (χ4v) is 4.66. The van der Waals surface area contributed by atoms with Gasteiger partial charge in [-0.1, -0.05) is 62.0 Å². The van der Waals surface area contributed by atoms with Crippen molar-refractivity contribution in [2.75, 3.05) is 11.9 Å². The summed E-state index contributed by atoms with van der Waals surface area (Å²) in [6.07, 6.45) is 3.47. The van der Waals surface area contributed by atoms with E-state index in [2.05, 4.69) is 41.1 Å². The van der Waals surface area contributed by atoms with Crippen LogP contribution in [0.3, 0.4) is 0 Å². The van der Waals surface area contributed by atoms with Crippen molar-refractivity contribution in [1.29, 1.82) is 0 Å². The Hall–Kier alpha value is -2.86. The van der Waals surface area contributed by atoms with Gasteiger partial charge >= 0.3 is 0 Å². The Morgan fingerprint density at radius 2 is 1.79 bits per heavy atom. The first-order chi connectivity index (χ1) is 13.9. The molecule has 0 radical (unpaired) electrons. The Morgan fingerprint density at radius 1 is 1.10 bits per heavy atom. The van der Waals surface area contributed by atoms with Crippen molar-refractivity contribution >= 4 is 23.2 Å². The molecular formula is C23H24N4OS. The Bertz CT molecular complexity index is 1070. The Labute approximate surface area is 175 Å². The van der Waals surface area contributed by atoms with Crippen molar-refractivity contribution in [3.63, 3.8) is 0 Å². The zero-order chi connectivity index (χ0) is 20.6. The minimum Gasteiger partial charge on any atom is -0.347 e. The average Bonchev–Trinajstić information content (AvgIpc) is 3.26. The van der Waals surface area contributed by atoms with Crippen LogP contribution in [-0.2, 0) is 10.2 Å². The van der Waals surface area contributed by atoms with E-state index in [1.165, 1.54) is 17.3 Å². The van der Waals surface area contributed by atoms with Crippen LogP contribution in [0.25, 0.3) is 5.69 Å². The topological polar surface area (TPSA) is 51.0 Å². The van der Waals surface area contributed by atoms with Crippen molar-refractivity contribution in [3.8, 4) is 5.69 Å². The summed E-state index contributed by atoms with van der Waals surface area (Å²) in [5.74, 6) is 0.0698. The van der Waals surface area contributed by atoms with Crippen LogP contribution in [0.15, 0.2) is 77.9 Å². The molecule has 3 aromatic rings. The van der Waals surface area contributed by atoms with Crippen LogP contribution in [0.2, 0.25) is 0 Å². The normalized spacial score (nSPS) is 17.4. The molecule has 4 rings (SSSR count). The number of hydrogen-bond acceptors (Lipinski definition) is 5. The molecule has 0 saturated heterocycles. The quantitative estimate of drug-likeness (QED) is 0.458. The van der Waals surface area contributed by atoms with Gasteiger partial charge < -0.3 is 4.90 Å². The van der Waals surface area contributed by atoms with E-state index in [0.29, 0.717) is 5.16 Å². The van der Waals surface area contributed by atoms with E-state index in [9.17, 15) is 4.79 Å². The van der Waals surface area contributed by atoms with Gasteiger partial charge in [0.2, 0.25) is 0 Å². The number of rotatable bonds is 5. The second-order valence-corrected chi connectivity index (χ2v) is 9.02. The number of hydrogen-bond donors (Lipinski definition) is 0. The van der Waals surface area contributed by atoms with E-state index in [4.69, 9.17) is 0 Å². The van der Waals surface area contributed by atoms with Gasteiger partial charge in [0.25, 0.3) is 0 Å².